The van der Waals surface area contributed by atoms with E-state index in [-0.39, 0.29) is 24.5 Å². The highest BCUT2D eigenvalue weighted by atomic mass is 16.5. The van der Waals surface area contributed by atoms with Crippen LogP contribution in [0.15, 0.2) is 54.6 Å². The Morgan fingerprint density at radius 3 is 2.29 bits per heavy atom. The second-order valence-electron chi connectivity index (χ2n) is 7.00. The zero-order chi connectivity index (χ0) is 19.8. The first kappa shape index (κ1) is 19.9. The van der Waals surface area contributed by atoms with Gasteiger partial charge in [-0.05, 0) is 36.1 Å². The van der Waals surface area contributed by atoms with Crippen LogP contribution in [-0.4, -0.2) is 31.6 Å². The Kier molecular flexibility index (Phi) is 7.03. The van der Waals surface area contributed by atoms with Crippen molar-refractivity contribution < 1.29 is 14.3 Å². The lowest BCUT2D eigenvalue weighted by molar-refractivity contribution is -0.119. The van der Waals surface area contributed by atoms with Gasteiger partial charge in [-0.25, -0.2) is 4.79 Å². The van der Waals surface area contributed by atoms with Gasteiger partial charge in [0.05, 0.1) is 19.7 Å². The summed E-state index contributed by atoms with van der Waals surface area (Å²) in [5.74, 6) is 0.418. The zero-order valence-corrected chi connectivity index (χ0v) is 16.1. The molecule has 28 heavy (non-hydrogen) atoms. The molecule has 0 spiro atoms. The number of hydrogen-bond donors (Lipinski definition) is 3. The number of rotatable bonds is 7. The third kappa shape index (κ3) is 5.57. The number of amides is 3. The van der Waals surface area contributed by atoms with E-state index >= 15 is 0 Å². The molecule has 3 amide bonds. The average Bonchev–Trinajstić information content (AvgIpc) is 3.22. The van der Waals surface area contributed by atoms with Gasteiger partial charge < -0.3 is 10.1 Å². The maximum atomic E-state index is 12.2. The van der Waals surface area contributed by atoms with Crippen molar-refractivity contribution in [2.45, 2.75) is 37.8 Å². The van der Waals surface area contributed by atoms with Crippen LogP contribution >= 0.6 is 0 Å². The fraction of sp³-hybridized carbons (Fsp3) is 0.364. The van der Waals surface area contributed by atoms with E-state index < -0.39 is 6.03 Å². The minimum absolute atomic E-state index is 0.0314. The first-order chi connectivity index (χ1) is 13.7. The molecule has 1 atom stereocenters. The van der Waals surface area contributed by atoms with Gasteiger partial charge in [-0.15, -0.1) is 0 Å². The summed E-state index contributed by atoms with van der Waals surface area (Å²) in [7, 11) is 1.63. The molecule has 3 rings (SSSR count). The lowest BCUT2D eigenvalue weighted by Gasteiger charge is -2.20. The van der Waals surface area contributed by atoms with Gasteiger partial charge in [0.1, 0.15) is 5.75 Å². The highest BCUT2D eigenvalue weighted by Gasteiger charge is 2.19. The van der Waals surface area contributed by atoms with Crippen molar-refractivity contribution in [2.24, 2.45) is 0 Å². The van der Waals surface area contributed by atoms with Crippen LogP contribution in [-0.2, 0) is 4.79 Å². The summed E-state index contributed by atoms with van der Waals surface area (Å²) in [5.41, 5.74) is 2.05. The van der Waals surface area contributed by atoms with Crippen LogP contribution in [0.4, 0.5) is 4.79 Å². The predicted molar refractivity (Wildman–Crippen MR) is 108 cm³/mol. The third-order valence-electron chi connectivity index (χ3n) is 4.99. The Morgan fingerprint density at radius 2 is 1.64 bits per heavy atom. The molecule has 1 aliphatic rings. The van der Waals surface area contributed by atoms with Crippen LogP contribution in [0.25, 0.3) is 0 Å². The highest BCUT2D eigenvalue weighted by molar-refractivity contribution is 5.95. The van der Waals surface area contributed by atoms with Gasteiger partial charge in [-0.1, -0.05) is 55.3 Å². The summed E-state index contributed by atoms with van der Waals surface area (Å²) in [6.45, 7) is 0.0314. The quantitative estimate of drug-likeness (QED) is 0.688. The number of nitrogens with one attached hydrogen (secondary N) is 3. The first-order valence-electron chi connectivity index (χ1n) is 9.68. The molecule has 3 N–H and O–H groups in total. The lowest BCUT2D eigenvalue weighted by atomic mass is 9.98. The molecule has 0 heterocycles. The van der Waals surface area contributed by atoms with Crippen molar-refractivity contribution in [3.8, 4) is 5.75 Å². The van der Waals surface area contributed by atoms with Crippen molar-refractivity contribution in [2.75, 3.05) is 13.7 Å². The molecule has 0 aliphatic heterocycles. The van der Waals surface area contributed by atoms with Gasteiger partial charge in [0.25, 0.3) is 0 Å². The van der Waals surface area contributed by atoms with Crippen molar-refractivity contribution in [3.63, 3.8) is 0 Å². The van der Waals surface area contributed by atoms with E-state index in [1.807, 2.05) is 54.6 Å². The van der Waals surface area contributed by atoms with Crippen LogP contribution in [0.1, 0.15) is 42.9 Å². The smallest absolute Gasteiger partial charge is 0.321 e. The molecular formula is C22H27N3O3. The van der Waals surface area contributed by atoms with Gasteiger partial charge in [0, 0.05) is 6.04 Å². The van der Waals surface area contributed by atoms with E-state index in [0.29, 0.717) is 0 Å². The second kappa shape index (κ2) is 9.90. The number of methoxy groups -OCH3 is 1. The molecule has 1 unspecified atom stereocenters. The molecule has 2 aromatic carbocycles. The topological polar surface area (TPSA) is 79.5 Å². The summed E-state index contributed by atoms with van der Waals surface area (Å²) in [5, 5.41) is 8.53. The molecule has 1 saturated carbocycles. The molecule has 2 aromatic rings. The summed E-state index contributed by atoms with van der Waals surface area (Å²) in [6.07, 6.45) is 4.21. The third-order valence-corrected chi connectivity index (χ3v) is 4.99. The van der Waals surface area contributed by atoms with Crippen molar-refractivity contribution >= 4 is 11.9 Å². The van der Waals surface area contributed by atoms with Crippen molar-refractivity contribution in [1.29, 1.82) is 0 Å². The highest BCUT2D eigenvalue weighted by Crippen LogP contribution is 2.24. The zero-order valence-electron chi connectivity index (χ0n) is 16.1. The minimum Gasteiger partial charge on any atom is -0.497 e. The summed E-state index contributed by atoms with van der Waals surface area (Å²) in [6, 6.07) is 17.2. The molecule has 1 aliphatic carbocycles. The molecule has 6 nitrogen and oxygen atoms in total. The summed E-state index contributed by atoms with van der Waals surface area (Å²) >= 11 is 0. The Hall–Kier alpha value is -2.86. The van der Waals surface area contributed by atoms with Crippen LogP contribution in [0, 0.1) is 0 Å². The molecule has 0 saturated heterocycles. The van der Waals surface area contributed by atoms with Crippen LogP contribution < -0.4 is 20.7 Å². The lowest BCUT2D eigenvalue weighted by Crippen LogP contribution is -2.46. The summed E-state index contributed by atoms with van der Waals surface area (Å²) in [4.78, 5) is 24.2. The standard InChI is InChI=1S/C22H27N3O3/c1-28-19-13-11-17(12-14-19)21(16-7-3-2-4-8-16)23-15-20(26)25-22(27)24-18-9-5-6-10-18/h2-4,7-8,11-14,18,21,23H,5-6,9-10,15H2,1H3,(H2,24,25,26,27). The Morgan fingerprint density at radius 1 is 1.00 bits per heavy atom. The molecule has 0 radical (unpaired) electrons. The molecule has 1 fully saturated rings. The minimum atomic E-state index is -0.417. The Bertz CT molecular complexity index is 771. The number of benzene rings is 2. The first-order valence-corrected chi connectivity index (χ1v) is 9.68. The van der Waals surface area contributed by atoms with Gasteiger partial charge in [0.15, 0.2) is 0 Å². The Balaban J connectivity index is 1.60. The van der Waals surface area contributed by atoms with E-state index in [2.05, 4.69) is 16.0 Å². The normalized spacial score (nSPS) is 15.0. The van der Waals surface area contributed by atoms with Gasteiger partial charge in [0.2, 0.25) is 5.91 Å². The fourth-order valence-electron chi connectivity index (χ4n) is 3.53. The van der Waals surface area contributed by atoms with Crippen LogP contribution in [0.3, 0.4) is 0 Å². The fourth-order valence-corrected chi connectivity index (χ4v) is 3.53. The van der Waals surface area contributed by atoms with E-state index in [1.54, 1.807) is 7.11 Å². The van der Waals surface area contributed by atoms with E-state index in [4.69, 9.17) is 4.74 Å². The van der Waals surface area contributed by atoms with E-state index in [1.165, 1.54) is 0 Å². The van der Waals surface area contributed by atoms with Crippen molar-refractivity contribution in [1.82, 2.24) is 16.0 Å². The SMILES string of the molecule is COc1ccc(C(NCC(=O)NC(=O)NC2CCCC2)c2ccccc2)cc1. The predicted octanol–water partition coefficient (Wildman–Crippen LogP) is 3.14. The number of carbonyl (C=O) groups excluding carboxylic acids is 2. The maximum Gasteiger partial charge on any atom is 0.321 e. The van der Waals surface area contributed by atoms with Gasteiger partial charge in [-0.2, -0.15) is 0 Å². The molecule has 148 valence electrons. The van der Waals surface area contributed by atoms with Crippen molar-refractivity contribution in [3.05, 3.63) is 65.7 Å². The second-order valence-corrected chi connectivity index (χ2v) is 7.00. The monoisotopic (exact) mass is 381 g/mol. The number of hydrogen-bond acceptors (Lipinski definition) is 4. The molecular weight excluding hydrogens is 354 g/mol. The number of ether oxygens (including phenoxy) is 1. The number of urea groups is 1. The Labute approximate surface area is 165 Å². The van der Waals surface area contributed by atoms with Crippen LogP contribution in [0.2, 0.25) is 0 Å². The van der Waals surface area contributed by atoms with Crippen LogP contribution in [0.5, 0.6) is 5.75 Å². The maximum absolute atomic E-state index is 12.2. The van der Waals surface area contributed by atoms with E-state index in [9.17, 15) is 9.59 Å². The molecule has 6 heteroatoms. The number of imide groups is 1. The largest absolute Gasteiger partial charge is 0.497 e. The summed E-state index contributed by atoms with van der Waals surface area (Å²) < 4.78 is 5.22. The van der Waals surface area contributed by atoms with E-state index in [0.717, 1.165) is 42.6 Å². The molecule has 0 aromatic heterocycles. The average molecular weight is 381 g/mol. The molecule has 0 bridgehead atoms. The van der Waals surface area contributed by atoms with Gasteiger partial charge in [-0.3, -0.25) is 15.4 Å². The number of carbonyl (C=O) groups is 2. The van der Waals surface area contributed by atoms with Gasteiger partial charge >= 0.3 is 6.03 Å².